The van der Waals surface area contributed by atoms with Gasteiger partial charge in [-0.05, 0) is 45.7 Å². The number of anilines is 1. The highest BCUT2D eigenvalue weighted by atomic mass is 16.5. The monoisotopic (exact) mass is 372 g/mol. The van der Waals surface area contributed by atoms with E-state index in [9.17, 15) is 4.79 Å². The second-order valence-electron chi connectivity index (χ2n) is 8.00. The van der Waals surface area contributed by atoms with Crippen LogP contribution in [0.1, 0.15) is 35.1 Å². The van der Waals surface area contributed by atoms with Crippen LogP contribution in [0.2, 0.25) is 0 Å². The maximum atomic E-state index is 12.8. The highest BCUT2D eigenvalue weighted by Gasteiger charge is 2.31. The maximum absolute atomic E-state index is 12.8. The minimum atomic E-state index is -0.0547. The molecule has 6 nitrogen and oxygen atoms in total. The smallest absolute Gasteiger partial charge is 0.282 e. The molecule has 1 aliphatic heterocycles. The molecule has 0 bridgehead atoms. The normalized spacial score (nSPS) is 21.1. The Morgan fingerprint density at radius 1 is 1.11 bits per heavy atom. The van der Waals surface area contributed by atoms with Gasteiger partial charge in [0.25, 0.3) is 5.91 Å². The number of piperazine rings is 1. The zero-order valence-electron chi connectivity index (χ0n) is 17.1. The highest BCUT2D eigenvalue weighted by molar-refractivity contribution is 5.95. The Labute approximate surface area is 161 Å². The molecule has 0 unspecified atom stereocenters. The second-order valence-corrected chi connectivity index (χ2v) is 8.00. The summed E-state index contributed by atoms with van der Waals surface area (Å²) >= 11 is 0. The molecule has 2 aromatic rings. The Morgan fingerprint density at radius 3 is 2.30 bits per heavy atom. The van der Waals surface area contributed by atoms with E-state index >= 15 is 0 Å². The number of benzene rings is 1. The number of rotatable bonds is 5. The molecule has 0 spiro atoms. The summed E-state index contributed by atoms with van der Waals surface area (Å²) in [6, 6.07) is 6.19. The lowest BCUT2D eigenvalue weighted by Crippen LogP contribution is -3.29. The second kappa shape index (κ2) is 8.23. The highest BCUT2D eigenvalue weighted by Crippen LogP contribution is 2.21. The molecule has 1 aliphatic rings. The Hall–Kier alpha value is -2.18. The summed E-state index contributed by atoms with van der Waals surface area (Å²) in [5.41, 5.74) is 5.45. The van der Waals surface area contributed by atoms with Gasteiger partial charge in [0.2, 0.25) is 0 Å². The fourth-order valence-electron chi connectivity index (χ4n) is 4.09. The Morgan fingerprint density at radius 2 is 1.74 bits per heavy atom. The number of amides is 1. The van der Waals surface area contributed by atoms with Crippen LogP contribution in [0.3, 0.4) is 0 Å². The van der Waals surface area contributed by atoms with Crippen molar-refractivity contribution in [2.24, 2.45) is 0 Å². The van der Waals surface area contributed by atoms with Crippen LogP contribution < -0.4 is 15.1 Å². The van der Waals surface area contributed by atoms with Gasteiger partial charge in [0.1, 0.15) is 44.2 Å². The lowest BCUT2D eigenvalue weighted by molar-refractivity contribution is -1.02. The molecule has 6 heteroatoms. The Balaban J connectivity index is 1.54. The first-order chi connectivity index (χ1) is 12.8. The summed E-state index contributed by atoms with van der Waals surface area (Å²) in [4.78, 5) is 15.7. The van der Waals surface area contributed by atoms with Gasteiger partial charge in [0.15, 0.2) is 6.04 Å². The quantitative estimate of drug-likeness (QED) is 0.704. The molecule has 0 radical (unpaired) electrons. The summed E-state index contributed by atoms with van der Waals surface area (Å²) in [5, 5.41) is 7.26. The van der Waals surface area contributed by atoms with Crippen molar-refractivity contribution in [3.63, 3.8) is 0 Å². The van der Waals surface area contributed by atoms with E-state index in [-0.39, 0.29) is 11.9 Å². The molecule has 1 saturated heterocycles. The SMILES string of the molecule is Cc1cc(C)c(NC(=O)[C@@H](C)[NH+]2CC[NH+](Cc3cc(C)on3)CC2)c(C)c1. The van der Waals surface area contributed by atoms with Crippen molar-refractivity contribution in [1.29, 1.82) is 0 Å². The van der Waals surface area contributed by atoms with Crippen LogP contribution in [0.4, 0.5) is 5.69 Å². The number of hydrogen-bond donors (Lipinski definition) is 3. The molecule has 2 heterocycles. The molecule has 1 fully saturated rings. The zero-order valence-corrected chi connectivity index (χ0v) is 17.1. The summed E-state index contributed by atoms with van der Waals surface area (Å²) in [5.74, 6) is 0.969. The third-order valence-corrected chi connectivity index (χ3v) is 5.64. The van der Waals surface area contributed by atoms with E-state index in [0.717, 1.165) is 61.0 Å². The summed E-state index contributed by atoms with van der Waals surface area (Å²) in [7, 11) is 0. The fraction of sp³-hybridized carbons (Fsp3) is 0.524. The number of aryl methyl sites for hydroxylation is 4. The topological polar surface area (TPSA) is 64.0 Å². The van der Waals surface area contributed by atoms with E-state index in [4.69, 9.17) is 4.52 Å². The average Bonchev–Trinajstić information content (AvgIpc) is 3.02. The third-order valence-electron chi connectivity index (χ3n) is 5.64. The van der Waals surface area contributed by atoms with Gasteiger partial charge in [-0.2, -0.15) is 0 Å². The van der Waals surface area contributed by atoms with Gasteiger partial charge in [-0.3, -0.25) is 4.79 Å². The predicted octanol–water partition coefficient (Wildman–Crippen LogP) is 0.219. The van der Waals surface area contributed by atoms with E-state index in [0.29, 0.717) is 0 Å². The van der Waals surface area contributed by atoms with Crippen LogP contribution >= 0.6 is 0 Å². The summed E-state index contributed by atoms with van der Waals surface area (Å²) in [6.45, 7) is 15.1. The van der Waals surface area contributed by atoms with Gasteiger partial charge in [-0.25, -0.2) is 0 Å². The molecule has 0 aliphatic carbocycles. The molecule has 0 saturated carbocycles. The minimum Gasteiger partial charge on any atom is -0.361 e. The fourth-order valence-corrected chi connectivity index (χ4v) is 4.09. The van der Waals surface area contributed by atoms with Crippen LogP contribution in [-0.2, 0) is 11.3 Å². The van der Waals surface area contributed by atoms with Crippen molar-refractivity contribution >= 4 is 11.6 Å². The molecule has 3 rings (SSSR count). The third kappa shape index (κ3) is 4.76. The maximum Gasteiger partial charge on any atom is 0.282 e. The van der Waals surface area contributed by atoms with Gasteiger partial charge in [-0.15, -0.1) is 0 Å². The minimum absolute atomic E-state index is 0.0547. The standard InChI is InChI=1S/C21H30N4O2/c1-14-10-15(2)20(16(3)11-14)22-21(26)18(5)25-8-6-24(7-9-25)13-19-12-17(4)27-23-19/h10-12,18H,6-9,13H2,1-5H3,(H,22,26)/p+2/t18-/m1/s1. The summed E-state index contributed by atoms with van der Waals surface area (Å²) < 4.78 is 5.16. The van der Waals surface area contributed by atoms with Crippen molar-refractivity contribution in [2.45, 2.75) is 47.2 Å². The average molecular weight is 373 g/mol. The van der Waals surface area contributed by atoms with E-state index in [1.165, 1.54) is 15.4 Å². The van der Waals surface area contributed by atoms with Gasteiger partial charge in [0.05, 0.1) is 0 Å². The van der Waals surface area contributed by atoms with Gasteiger partial charge < -0.3 is 19.6 Å². The van der Waals surface area contributed by atoms with Crippen LogP contribution in [0, 0.1) is 27.7 Å². The van der Waals surface area contributed by atoms with Crippen LogP contribution in [0.15, 0.2) is 22.7 Å². The molecule has 27 heavy (non-hydrogen) atoms. The van der Waals surface area contributed by atoms with E-state index in [1.54, 1.807) is 0 Å². The van der Waals surface area contributed by atoms with Crippen molar-refractivity contribution in [3.8, 4) is 0 Å². The molecule has 3 N–H and O–H groups in total. The van der Waals surface area contributed by atoms with Crippen molar-refractivity contribution in [1.82, 2.24) is 5.16 Å². The molecule has 1 aromatic heterocycles. The molecule has 146 valence electrons. The van der Waals surface area contributed by atoms with Gasteiger partial charge in [-0.1, -0.05) is 22.9 Å². The Bertz CT molecular complexity index is 783. The summed E-state index contributed by atoms with van der Waals surface area (Å²) in [6.07, 6.45) is 0. The van der Waals surface area contributed by atoms with Crippen LogP contribution in [-0.4, -0.2) is 43.3 Å². The first-order valence-corrected chi connectivity index (χ1v) is 9.82. The van der Waals surface area contributed by atoms with E-state index in [2.05, 4.69) is 43.4 Å². The largest absolute Gasteiger partial charge is 0.361 e. The lowest BCUT2D eigenvalue weighted by Gasteiger charge is -2.32. The zero-order chi connectivity index (χ0) is 19.6. The van der Waals surface area contributed by atoms with Crippen molar-refractivity contribution < 1.29 is 19.1 Å². The van der Waals surface area contributed by atoms with E-state index < -0.39 is 0 Å². The molecule has 1 amide bonds. The van der Waals surface area contributed by atoms with Gasteiger partial charge >= 0.3 is 0 Å². The van der Waals surface area contributed by atoms with Gasteiger partial charge in [0, 0.05) is 11.8 Å². The van der Waals surface area contributed by atoms with Crippen LogP contribution in [0.5, 0.6) is 0 Å². The first kappa shape index (κ1) is 19.6. The lowest BCUT2D eigenvalue weighted by atomic mass is 10.0. The molecular weight excluding hydrogens is 340 g/mol. The molecule has 1 aromatic carbocycles. The number of aromatic nitrogens is 1. The number of hydrogen-bond acceptors (Lipinski definition) is 3. The Kier molecular flexibility index (Phi) is 5.97. The molecule has 1 atom stereocenters. The number of nitrogens with one attached hydrogen (secondary N) is 3. The predicted molar refractivity (Wildman–Crippen MR) is 105 cm³/mol. The van der Waals surface area contributed by atoms with Crippen LogP contribution in [0.25, 0.3) is 0 Å². The number of nitrogens with zero attached hydrogens (tertiary/aromatic N) is 1. The van der Waals surface area contributed by atoms with E-state index in [1.807, 2.05) is 19.9 Å². The van der Waals surface area contributed by atoms with Crippen molar-refractivity contribution in [2.75, 3.05) is 31.5 Å². The number of carbonyl (C=O) groups is 1. The number of carbonyl (C=O) groups excluding carboxylic acids is 1. The van der Waals surface area contributed by atoms with Crippen molar-refractivity contribution in [3.05, 3.63) is 46.3 Å². The molecular formula is C21H32N4O2+2. The first-order valence-electron chi connectivity index (χ1n) is 9.82. The number of quaternary nitrogens is 2.